The highest BCUT2D eigenvalue weighted by Gasteiger charge is 2.43. The molecule has 0 spiro atoms. The zero-order valence-corrected chi connectivity index (χ0v) is 14.2. The van der Waals surface area contributed by atoms with Crippen molar-refractivity contribution in [3.8, 4) is 0 Å². The summed E-state index contributed by atoms with van der Waals surface area (Å²) in [4.78, 5) is 30.7. The van der Waals surface area contributed by atoms with Crippen LogP contribution in [-0.4, -0.2) is 22.5 Å². The number of hydrogen-bond donors (Lipinski definition) is 1. The van der Waals surface area contributed by atoms with Crippen LogP contribution in [0.15, 0.2) is 24.3 Å². The predicted molar refractivity (Wildman–Crippen MR) is 91.4 cm³/mol. The van der Waals surface area contributed by atoms with E-state index in [4.69, 9.17) is 4.74 Å². The van der Waals surface area contributed by atoms with E-state index in [2.05, 4.69) is 10.3 Å². The second-order valence-electron chi connectivity index (χ2n) is 6.50. The number of fused-ring (bicyclic) bond motifs is 2. The van der Waals surface area contributed by atoms with Crippen LogP contribution in [0.2, 0.25) is 0 Å². The average Bonchev–Trinajstić information content (AvgIpc) is 2.97. The van der Waals surface area contributed by atoms with E-state index in [1.54, 1.807) is 19.1 Å². The molecular weight excluding hydrogens is 324 g/mol. The largest absolute Gasteiger partial charge is 0.445 e. The average molecular weight is 342 g/mol. The summed E-state index contributed by atoms with van der Waals surface area (Å²) in [6.07, 6.45) is 4.70. The Bertz CT molecular complexity index is 806. The van der Waals surface area contributed by atoms with Crippen LogP contribution in [0.4, 0.5) is 5.13 Å². The van der Waals surface area contributed by atoms with Gasteiger partial charge in [0.05, 0.1) is 11.3 Å². The number of aromatic nitrogens is 1. The van der Waals surface area contributed by atoms with Crippen LogP contribution in [0.1, 0.15) is 46.3 Å². The quantitative estimate of drug-likeness (QED) is 0.852. The monoisotopic (exact) mass is 342 g/mol. The molecule has 2 heterocycles. The zero-order valence-electron chi connectivity index (χ0n) is 13.4. The maximum absolute atomic E-state index is 12.7. The first kappa shape index (κ1) is 15.3. The summed E-state index contributed by atoms with van der Waals surface area (Å²) in [5.74, 6) is -0.774. The molecule has 2 aliphatic rings. The molecule has 1 N–H and O–H groups in total. The van der Waals surface area contributed by atoms with Gasteiger partial charge in [-0.25, -0.2) is 9.78 Å². The molecule has 0 fully saturated rings. The SMILES string of the molecule is C[C@]1(C(=O)Nc2nc3c(s2)CCCC3)Cc2ccccc2C(=O)O1. The van der Waals surface area contributed by atoms with Crippen molar-refractivity contribution < 1.29 is 14.3 Å². The molecule has 0 bridgehead atoms. The number of nitrogens with zero attached hydrogens (tertiary/aromatic N) is 1. The van der Waals surface area contributed by atoms with Gasteiger partial charge in [0.2, 0.25) is 0 Å². The Labute approximate surface area is 144 Å². The molecule has 1 amide bonds. The number of hydrogen-bond acceptors (Lipinski definition) is 5. The van der Waals surface area contributed by atoms with Crippen LogP contribution in [-0.2, 0) is 28.8 Å². The lowest BCUT2D eigenvalue weighted by Crippen LogP contribution is -2.48. The van der Waals surface area contributed by atoms with Gasteiger partial charge in [0.25, 0.3) is 5.91 Å². The summed E-state index contributed by atoms with van der Waals surface area (Å²) >= 11 is 1.53. The molecule has 1 aliphatic carbocycles. The van der Waals surface area contributed by atoms with Gasteiger partial charge in [-0.1, -0.05) is 18.2 Å². The number of amides is 1. The molecule has 0 unspecified atom stereocenters. The number of rotatable bonds is 2. The van der Waals surface area contributed by atoms with Crippen molar-refractivity contribution in [2.45, 2.75) is 44.6 Å². The van der Waals surface area contributed by atoms with Gasteiger partial charge < -0.3 is 4.74 Å². The van der Waals surface area contributed by atoms with Gasteiger partial charge in [-0.2, -0.15) is 0 Å². The summed E-state index contributed by atoms with van der Waals surface area (Å²) in [7, 11) is 0. The Balaban J connectivity index is 1.56. The number of anilines is 1. The first-order valence-corrected chi connectivity index (χ1v) is 8.98. The number of aryl methyl sites for hydroxylation is 2. The van der Waals surface area contributed by atoms with E-state index in [-0.39, 0.29) is 5.91 Å². The van der Waals surface area contributed by atoms with Crippen LogP contribution < -0.4 is 5.32 Å². The molecule has 0 saturated carbocycles. The van der Waals surface area contributed by atoms with Gasteiger partial charge in [0.1, 0.15) is 0 Å². The van der Waals surface area contributed by atoms with Crippen molar-refractivity contribution >= 4 is 28.3 Å². The first-order valence-electron chi connectivity index (χ1n) is 8.16. The summed E-state index contributed by atoms with van der Waals surface area (Å²) < 4.78 is 5.46. The standard InChI is InChI=1S/C18H18N2O3S/c1-18(10-11-6-2-3-7-12(11)15(21)23-18)16(22)20-17-19-13-8-4-5-9-14(13)24-17/h2-3,6-7H,4-5,8-10H2,1H3,(H,19,20,22)/t18-/m1/s1. The molecule has 0 saturated heterocycles. The smallest absolute Gasteiger partial charge is 0.339 e. The molecule has 1 atom stereocenters. The number of nitrogens with one attached hydrogen (secondary N) is 1. The summed E-state index contributed by atoms with van der Waals surface area (Å²) in [6.45, 7) is 1.66. The van der Waals surface area contributed by atoms with E-state index in [9.17, 15) is 9.59 Å². The molecular formula is C18H18N2O3S. The van der Waals surface area contributed by atoms with E-state index < -0.39 is 11.6 Å². The Morgan fingerprint density at radius 3 is 2.92 bits per heavy atom. The number of thiazole rings is 1. The van der Waals surface area contributed by atoms with Crippen molar-refractivity contribution in [2.24, 2.45) is 0 Å². The highest BCUT2D eigenvalue weighted by Crippen LogP contribution is 2.32. The number of carbonyl (C=O) groups is 2. The van der Waals surface area contributed by atoms with Gasteiger partial charge >= 0.3 is 5.97 Å². The van der Waals surface area contributed by atoms with Crippen LogP contribution in [0, 0.1) is 0 Å². The number of benzene rings is 1. The van der Waals surface area contributed by atoms with Crippen LogP contribution in [0.5, 0.6) is 0 Å². The summed E-state index contributed by atoms with van der Waals surface area (Å²) in [5.41, 5.74) is 1.26. The lowest BCUT2D eigenvalue weighted by molar-refractivity contribution is -0.134. The van der Waals surface area contributed by atoms with E-state index in [0.717, 1.165) is 30.5 Å². The minimum absolute atomic E-state index is 0.323. The molecule has 4 rings (SSSR count). The van der Waals surface area contributed by atoms with Gasteiger partial charge in [0.15, 0.2) is 10.7 Å². The van der Waals surface area contributed by atoms with Crippen molar-refractivity contribution in [3.05, 3.63) is 46.0 Å². The zero-order chi connectivity index (χ0) is 16.7. The number of cyclic esters (lactones) is 1. The van der Waals surface area contributed by atoms with E-state index in [0.29, 0.717) is 17.1 Å². The van der Waals surface area contributed by atoms with Crippen molar-refractivity contribution in [3.63, 3.8) is 0 Å². The van der Waals surface area contributed by atoms with E-state index in [1.165, 1.54) is 22.6 Å². The lowest BCUT2D eigenvalue weighted by atomic mass is 9.89. The highest BCUT2D eigenvalue weighted by atomic mass is 32.1. The van der Waals surface area contributed by atoms with Crippen molar-refractivity contribution in [1.29, 1.82) is 0 Å². The van der Waals surface area contributed by atoms with Gasteiger partial charge in [0, 0.05) is 11.3 Å². The summed E-state index contributed by atoms with van der Waals surface area (Å²) in [5, 5.41) is 3.45. The summed E-state index contributed by atoms with van der Waals surface area (Å²) in [6, 6.07) is 7.25. The fourth-order valence-corrected chi connectivity index (χ4v) is 4.34. The number of carbonyl (C=O) groups excluding carboxylic acids is 2. The minimum Gasteiger partial charge on any atom is -0.445 e. The third-order valence-corrected chi connectivity index (χ3v) is 5.70. The van der Waals surface area contributed by atoms with Crippen molar-refractivity contribution in [1.82, 2.24) is 4.98 Å². The second kappa shape index (κ2) is 5.70. The molecule has 2 aromatic rings. The van der Waals surface area contributed by atoms with Crippen LogP contribution >= 0.6 is 11.3 Å². The Kier molecular flexibility index (Phi) is 3.64. The minimum atomic E-state index is -1.21. The number of esters is 1. The Hall–Kier alpha value is -2.21. The maximum Gasteiger partial charge on any atom is 0.339 e. The molecule has 5 nitrogen and oxygen atoms in total. The molecule has 6 heteroatoms. The van der Waals surface area contributed by atoms with Gasteiger partial charge in [-0.3, -0.25) is 10.1 Å². The van der Waals surface area contributed by atoms with E-state index >= 15 is 0 Å². The molecule has 1 aliphatic heterocycles. The third-order valence-electron chi connectivity index (χ3n) is 4.63. The predicted octanol–water partition coefficient (Wildman–Crippen LogP) is 3.13. The Morgan fingerprint density at radius 1 is 1.29 bits per heavy atom. The Morgan fingerprint density at radius 2 is 2.08 bits per heavy atom. The second-order valence-corrected chi connectivity index (χ2v) is 7.59. The molecule has 124 valence electrons. The molecule has 0 radical (unpaired) electrons. The topological polar surface area (TPSA) is 68.3 Å². The molecule has 1 aromatic heterocycles. The van der Waals surface area contributed by atoms with E-state index in [1.807, 2.05) is 12.1 Å². The lowest BCUT2D eigenvalue weighted by Gasteiger charge is -2.32. The van der Waals surface area contributed by atoms with Crippen LogP contribution in [0.25, 0.3) is 0 Å². The highest BCUT2D eigenvalue weighted by molar-refractivity contribution is 7.15. The fourth-order valence-electron chi connectivity index (χ4n) is 3.29. The number of ether oxygens (including phenoxy) is 1. The van der Waals surface area contributed by atoms with Crippen LogP contribution in [0.3, 0.4) is 0 Å². The molecule has 1 aromatic carbocycles. The van der Waals surface area contributed by atoms with Gasteiger partial charge in [-0.15, -0.1) is 11.3 Å². The normalized spacial score (nSPS) is 22.3. The fraction of sp³-hybridized carbons (Fsp3) is 0.389. The molecule has 24 heavy (non-hydrogen) atoms. The third kappa shape index (κ3) is 2.60. The van der Waals surface area contributed by atoms with Gasteiger partial charge in [-0.05, 0) is 44.2 Å². The van der Waals surface area contributed by atoms with Crippen molar-refractivity contribution in [2.75, 3.05) is 5.32 Å². The first-order chi connectivity index (χ1) is 11.5. The maximum atomic E-state index is 12.7.